The van der Waals surface area contributed by atoms with Crippen LogP contribution in [0.2, 0.25) is 0 Å². The zero-order valence-corrected chi connectivity index (χ0v) is 17.8. The van der Waals surface area contributed by atoms with Crippen molar-refractivity contribution in [1.82, 2.24) is 14.9 Å². The van der Waals surface area contributed by atoms with Gasteiger partial charge in [0.15, 0.2) is 5.82 Å². The van der Waals surface area contributed by atoms with Crippen LogP contribution in [0.4, 0.5) is 5.69 Å². The van der Waals surface area contributed by atoms with Crippen LogP contribution in [0.3, 0.4) is 0 Å². The molecular formula is C19H20IN5OS. The maximum absolute atomic E-state index is 12.1. The van der Waals surface area contributed by atoms with E-state index in [0.29, 0.717) is 17.4 Å². The van der Waals surface area contributed by atoms with Gasteiger partial charge in [-0.1, -0.05) is 49.0 Å². The molecule has 0 aliphatic rings. The molecule has 3 aromatic rings. The zero-order valence-electron chi connectivity index (χ0n) is 14.8. The van der Waals surface area contributed by atoms with Crippen molar-refractivity contribution in [1.29, 1.82) is 0 Å². The van der Waals surface area contributed by atoms with Crippen molar-refractivity contribution < 1.29 is 4.79 Å². The number of nitrogens with one attached hydrogen (secondary N) is 1. The van der Waals surface area contributed by atoms with E-state index in [4.69, 9.17) is 5.84 Å². The van der Waals surface area contributed by atoms with Crippen molar-refractivity contribution in [3.63, 3.8) is 0 Å². The molecule has 3 rings (SSSR count). The number of thioether (sulfide) groups is 1. The number of anilines is 1. The van der Waals surface area contributed by atoms with E-state index in [1.165, 1.54) is 22.0 Å². The summed E-state index contributed by atoms with van der Waals surface area (Å²) in [5, 5.41) is 11.7. The number of carbonyl (C=O) groups excluding carboxylic acids is 1. The van der Waals surface area contributed by atoms with E-state index in [9.17, 15) is 4.79 Å². The highest BCUT2D eigenvalue weighted by atomic mass is 127. The van der Waals surface area contributed by atoms with Crippen LogP contribution in [0, 0.1) is 3.57 Å². The highest BCUT2D eigenvalue weighted by molar-refractivity contribution is 14.1. The Bertz CT molecular complexity index is 898. The summed E-state index contributed by atoms with van der Waals surface area (Å²) in [6.07, 6.45) is 0.683. The Hall–Kier alpha value is -2.07. The molecule has 0 saturated heterocycles. The summed E-state index contributed by atoms with van der Waals surface area (Å²) in [7, 11) is 0. The van der Waals surface area contributed by atoms with Gasteiger partial charge < -0.3 is 11.2 Å². The number of rotatable bonds is 7. The summed E-state index contributed by atoms with van der Waals surface area (Å²) < 4.78 is 2.59. The Morgan fingerprint density at radius 2 is 1.89 bits per heavy atom. The van der Waals surface area contributed by atoms with Gasteiger partial charge in [-0.25, -0.2) is 4.68 Å². The minimum atomic E-state index is -0.108. The van der Waals surface area contributed by atoms with Crippen LogP contribution in [-0.2, 0) is 11.2 Å². The average Bonchev–Trinajstić information content (AvgIpc) is 3.02. The Morgan fingerprint density at radius 3 is 2.59 bits per heavy atom. The van der Waals surface area contributed by atoms with Crippen LogP contribution in [0.15, 0.2) is 59.8 Å². The van der Waals surface area contributed by atoms with Crippen molar-refractivity contribution in [3.8, 4) is 0 Å². The second-order valence-electron chi connectivity index (χ2n) is 6.13. The number of benzene rings is 2. The fraction of sp³-hybridized carbons (Fsp3) is 0.211. The quantitative estimate of drug-likeness (QED) is 0.298. The Labute approximate surface area is 176 Å². The second-order valence-corrected chi connectivity index (χ2v) is 8.32. The maximum Gasteiger partial charge on any atom is 0.234 e. The molecule has 1 heterocycles. The largest absolute Gasteiger partial charge is 0.336 e. The minimum absolute atomic E-state index is 0.108. The molecule has 1 amide bonds. The number of hydrogen-bond acceptors (Lipinski definition) is 5. The molecule has 0 aliphatic carbocycles. The van der Waals surface area contributed by atoms with Gasteiger partial charge in [-0.05, 0) is 58.3 Å². The summed E-state index contributed by atoms with van der Waals surface area (Å²) in [4.78, 5) is 12.1. The van der Waals surface area contributed by atoms with E-state index < -0.39 is 0 Å². The average molecular weight is 493 g/mol. The molecule has 0 bridgehead atoms. The molecule has 140 valence electrons. The van der Waals surface area contributed by atoms with Gasteiger partial charge in [0.1, 0.15) is 0 Å². The standard InChI is InChI=1S/C19H20IN5OS/c1-13(14-5-3-2-4-6-14)11-17-23-24-19(25(17)21)27-12-18(26)22-16-9-7-15(20)8-10-16/h2-10,13H,11-12,21H2,1H3,(H,22,26)/t13-/m0/s1. The van der Waals surface area contributed by atoms with Gasteiger partial charge >= 0.3 is 0 Å². The van der Waals surface area contributed by atoms with Gasteiger partial charge in [0.25, 0.3) is 0 Å². The summed E-state index contributed by atoms with van der Waals surface area (Å²) >= 11 is 3.50. The highest BCUT2D eigenvalue weighted by Crippen LogP contribution is 2.21. The van der Waals surface area contributed by atoms with Crippen molar-refractivity contribution in [2.45, 2.75) is 24.4 Å². The molecule has 27 heavy (non-hydrogen) atoms. The predicted octanol–water partition coefficient (Wildman–Crippen LogP) is 3.67. The zero-order chi connectivity index (χ0) is 19.2. The third-order valence-corrected chi connectivity index (χ3v) is 5.72. The van der Waals surface area contributed by atoms with E-state index in [1.54, 1.807) is 0 Å². The Balaban J connectivity index is 1.55. The van der Waals surface area contributed by atoms with Gasteiger partial charge in [-0.3, -0.25) is 4.79 Å². The van der Waals surface area contributed by atoms with E-state index in [2.05, 4.69) is 57.2 Å². The van der Waals surface area contributed by atoms with Gasteiger partial charge in [-0.15, -0.1) is 10.2 Å². The number of hydrogen-bond donors (Lipinski definition) is 2. The molecule has 2 aromatic carbocycles. The number of nitrogens with two attached hydrogens (primary N) is 1. The van der Waals surface area contributed by atoms with Gasteiger partial charge in [-0.2, -0.15) is 0 Å². The second kappa shape index (κ2) is 9.23. The van der Waals surface area contributed by atoms with Crippen molar-refractivity contribution in [3.05, 3.63) is 69.6 Å². The van der Waals surface area contributed by atoms with E-state index in [1.807, 2.05) is 42.5 Å². The van der Waals surface area contributed by atoms with Crippen molar-refractivity contribution in [2.75, 3.05) is 16.9 Å². The first kappa shape index (κ1) is 19.7. The summed E-state index contributed by atoms with van der Waals surface area (Å²) in [6, 6.07) is 17.9. The van der Waals surface area contributed by atoms with Gasteiger partial charge in [0.2, 0.25) is 11.1 Å². The SMILES string of the molecule is C[C@@H](Cc1nnc(SCC(=O)Nc2ccc(I)cc2)n1N)c1ccccc1. The van der Waals surface area contributed by atoms with Crippen molar-refractivity contribution in [2.24, 2.45) is 0 Å². The molecule has 0 unspecified atom stereocenters. The van der Waals surface area contributed by atoms with Crippen molar-refractivity contribution >= 4 is 45.9 Å². The number of nitrogens with zero attached hydrogens (tertiary/aromatic N) is 3. The number of carbonyl (C=O) groups is 1. The molecule has 8 heteroatoms. The molecule has 6 nitrogen and oxygen atoms in total. The first-order chi connectivity index (χ1) is 13.0. The number of amides is 1. The summed E-state index contributed by atoms with van der Waals surface area (Å²) in [5.74, 6) is 7.21. The minimum Gasteiger partial charge on any atom is -0.336 e. The van der Waals surface area contributed by atoms with Gasteiger partial charge in [0, 0.05) is 15.7 Å². The molecule has 0 saturated carbocycles. The monoisotopic (exact) mass is 493 g/mol. The lowest BCUT2D eigenvalue weighted by molar-refractivity contribution is -0.113. The maximum atomic E-state index is 12.1. The van der Waals surface area contributed by atoms with Gasteiger partial charge in [0.05, 0.1) is 5.75 Å². The van der Waals surface area contributed by atoms with E-state index in [0.717, 1.165) is 9.26 Å². The molecule has 1 aromatic heterocycles. The first-order valence-corrected chi connectivity index (χ1v) is 10.5. The lowest BCUT2D eigenvalue weighted by Gasteiger charge is -2.11. The number of nitrogen functional groups attached to an aromatic ring is 1. The van der Waals surface area contributed by atoms with Crippen LogP contribution >= 0.6 is 34.4 Å². The smallest absolute Gasteiger partial charge is 0.234 e. The van der Waals surface area contributed by atoms with E-state index >= 15 is 0 Å². The molecule has 1 atom stereocenters. The van der Waals surface area contributed by atoms with Crippen LogP contribution < -0.4 is 11.2 Å². The Morgan fingerprint density at radius 1 is 1.19 bits per heavy atom. The normalized spacial score (nSPS) is 11.9. The lowest BCUT2D eigenvalue weighted by Crippen LogP contribution is -2.18. The van der Waals surface area contributed by atoms with Crippen LogP contribution in [-0.4, -0.2) is 26.5 Å². The lowest BCUT2D eigenvalue weighted by atomic mass is 9.98. The van der Waals surface area contributed by atoms with Crippen LogP contribution in [0.1, 0.15) is 24.2 Å². The summed E-state index contributed by atoms with van der Waals surface area (Å²) in [5.41, 5.74) is 2.00. The van der Waals surface area contributed by atoms with E-state index in [-0.39, 0.29) is 17.6 Å². The third kappa shape index (κ3) is 5.46. The fourth-order valence-electron chi connectivity index (χ4n) is 2.58. The molecular weight excluding hydrogens is 473 g/mol. The molecule has 0 spiro atoms. The molecule has 0 fully saturated rings. The molecule has 3 N–H and O–H groups in total. The third-order valence-electron chi connectivity index (χ3n) is 4.05. The predicted molar refractivity (Wildman–Crippen MR) is 117 cm³/mol. The highest BCUT2D eigenvalue weighted by Gasteiger charge is 2.15. The topological polar surface area (TPSA) is 85.8 Å². The van der Waals surface area contributed by atoms with Crippen LogP contribution in [0.5, 0.6) is 0 Å². The summed E-state index contributed by atoms with van der Waals surface area (Å²) in [6.45, 7) is 2.13. The molecule has 0 radical (unpaired) electrons. The first-order valence-electron chi connectivity index (χ1n) is 8.45. The number of aromatic nitrogens is 3. The Kier molecular flexibility index (Phi) is 6.73. The number of halogens is 1. The van der Waals surface area contributed by atoms with Crippen LogP contribution in [0.25, 0.3) is 0 Å². The molecule has 0 aliphatic heterocycles. The fourth-order valence-corrected chi connectivity index (χ4v) is 3.61.